The highest BCUT2D eigenvalue weighted by molar-refractivity contribution is 9.10. The van der Waals surface area contributed by atoms with E-state index in [0.717, 1.165) is 16.8 Å². The molecule has 0 aliphatic carbocycles. The minimum absolute atomic E-state index is 0.179. The van der Waals surface area contributed by atoms with Crippen LogP contribution in [0.25, 0.3) is 0 Å². The van der Waals surface area contributed by atoms with Crippen LogP contribution in [0.1, 0.15) is 21.5 Å². The monoisotopic (exact) mass is 321 g/mol. The van der Waals surface area contributed by atoms with Crippen molar-refractivity contribution in [2.45, 2.75) is 13.8 Å². The fourth-order valence-corrected chi connectivity index (χ4v) is 2.32. The summed E-state index contributed by atoms with van der Waals surface area (Å²) in [4.78, 5) is 12.2. The van der Waals surface area contributed by atoms with E-state index in [9.17, 15) is 9.18 Å². The van der Waals surface area contributed by atoms with E-state index in [-0.39, 0.29) is 15.9 Å². The summed E-state index contributed by atoms with van der Waals surface area (Å²) in [5.74, 6) is -0.780. The van der Waals surface area contributed by atoms with Crippen LogP contribution in [0.4, 0.5) is 10.1 Å². The van der Waals surface area contributed by atoms with Crippen LogP contribution in [0.15, 0.2) is 40.9 Å². The second-order valence-electron chi connectivity index (χ2n) is 4.32. The van der Waals surface area contributed by atoms with Crippen molar-refractivity contribution in [1.29, 1.82) is 0 Å². The number of halogens is 2. The zero-order chi connectivity index (χ0) is 14.0. The summed E-state index contributed by atoms with van der Waals surface area (Å²) in [5, 5.41) is 2.83. The van der Waals surface area contributed by atoms with Crippen molar-refractivity contribution < 1.29 is 9.18 Å². The summed E-state index contributed by atoms with van der Waals surface area (Å²) >= 11 is 3.10. The number of carbonyl (C=O) groups is 1. The molecule has 2 aromatic carbocycles. The van der Waals surface area contributed by atoms with Gasteiger partial charge in [0.25, 0.3) is 5.91 Å². The molecule has 2 aromatic rings. The van der Waals surface area contributed by atoms with Crippen LogP contribution in [0.3, 0.4) is 0 Å². The third kappa shape index (κ3) is 2.84. The van der Waals surface area contributed by atoms with Crippen molar-refractivity contribution in [3.05, 3.63) is 63.4 Å². The maximum Gasteiger partial charge on any atom is 0.256 e. The average molecular weight is 322 g/mol. The van der Waals surface area contributed by atoms with Crippen LogP contribution in [0.2, 0.25) is 0 Å². The lowest BCUT2D eigenvalue weighted by molar-refractivity contribution is 0.102. The first-order valence-corrected chi connectivity index (χ1v) is 6.61. The van der Waals surface area contributed by atoms with Crippen molar-refractivity contribution in [2.75, 3.05) is 5.32 Å². The molecule has 2 nitrogen and oxygen atoms in total. The lowest BCUT2D eigenvalue weighted by atomic mass is 10.1. The molecule has 1 N–H and O–H groups in total. The maximum absolute atomic E-state index is 13.4. The van der Waals surface area contributed by atoms with Gasteiger partial charge in [-0.3, -0.25) is 4.79 Å². The number of hydrogen-bond donors (Lipinski definition) is 1. The highest BCUT2D eigenvalue weighted by Crippen LogP contribution is 2.24. The molecule has 0 fully saturated rings. The van der Waals surface area contributed by atoms with Gasteiger partial charge < -0.3 is 5.32 Å². The molecule has 0 radical (unpaired) electrons. The van der Waals surface area contributed by atoms with Crippen LogP contribution >= 0.6 is 15.9 Å². The molecule has 2 rings (SSSR count). The van der Waals surface area contributed by atoms with E-state index in [0.29, 0.717) is 0 Å². The molecule has 0 saturated carbocycles. The van der Waals surface area contributed by atoms with Gasteiger partial charge in [0.1, 0.15) is 5.82 Å². The molecule has 0 aromatic heterocycles. The standard InChI is InChI=1S/C15H13BrFNO/c1-9-5-3-6-10(2)14(9)18-15(19)11-7-4-8-12(17)13(11)16/h3-8H,1-2H3,(H,18,19). The Hall–Kier alpha value is -1.68. The molecule has 0 bridgehead atoms. The van der Waals surface area contributed by atoms with Crippen LogP contribution < -0.4 is 5.32 Å². The Kier molecular flexibility index (Phi) is 4.00. The number of nitrogens with one attached hydrogen (secondary N) is 1. The number of hydrogen-bond acceptors (Lipinski definition) is 1. The lowest BCUT2D eigenvalue weighted by Gasteiger charge is -2.12. The van der Waals surface area contributed by atoms with Gasteiger partial charge in [-0.25, -0.2) is 4.39 Å². The smallest absolute Gasteiger partial charge is 0.256 e. The van der Waals surface area contributed by atoms with Crippen molar-refractivity contribution in [1.82, 2.24) is 0 Å². The van der Waals surface area contributed by atoms with Gasteiger partial charge in [0.15, 0.2) is 0 Å². The molecule has 0 saturated heterocycles. The number of aryl methyl sites for hydroxylation is 2. The van der Waals surface area contributed by atoms with E-state index >= 15 is 0 Å². The van der Waals surface area contributed by atoms with E-state index in [2.05, 4.69) is 21.2 Å². The third-order valence-corrected chi connectivity index (χ3v) is 3.72. The number of anilines is 1. The Bertz CT molecular complexity index is 620. The van der Waals surface area contributed by atoms with Crippen LogP contribution in [-0.2, 0) is 0 Å². The maximum atomic E-state index is 13.4. The molecule has 0 unspecified atom stereocenters. The first kappa shape index (κ1) is 13.7. The zero-order valence-electron chi connectivity index (χ0n) is 10.6. The summed E-state index contributed by atoms with van der Waals surface area (Å²) < 4.78 is 13.6. The van der Waals surface area contributed by atoms with E-state index in [1.165, 1.54) is 12.1 Å². The first-order chi connectivity index (χ1) is 9.00. The molecule has 0 atom stereocenters. The van der Waals surface area contributed by atoms with Crippen molar-refractivity contribution in [3.63, 3.8) is 0 Å². The number of benzene rings is 2. The Balaban J connectivity index is 2.34. The summed E-state index contributed by atoms with van der Waals surface area (Å²) in [5.41, 5.74) is 2.99. The van der Waals surface area contributed by atoms with Crippen LogP contribution in [-0.4, -0.2) is 5.91 Å². The van der Waals surface area contributed by atoms with E-state index < -0.39 is 5.82 Å². The van der Waals surface area contributed by atoms with Crippen molar-refractivity contribution in [2.24, 2.45) is 0 Å². The Labute approximate surface area is 119 Å². The molecule has 98 valence electrons. The summed E-state index contributed by atoms with van der Waals surface area (Å²) in [7, 11) is 0. The van der Waals surface area contributed by atoms with Crippen molar-refractivity contribution >= 4 is 27.5 Å². The Morgan fingerprint density at radius 1 is 1.11 bits per heavy atom. The van der Waals surface area contributed by atoms with Gasteiger partial charge in [0, 0.05) is 5.69 Å². The topological polar surface area (TPSA) is 29.1 Å². The summed E-state index contributed by atoms with van der Waals surface area (Å²) in [6, 6.07) is 10.2. The minimum Gasteiger partial charge on any atom is -0.321 e. The van der Waals surface area contributed by atoms with Gasteiger partial charge in [0.2, 0.25) is 0 Å². The van der Waals surface area contributed by atoms with Crippen LogP contribution in [0.5, 0.6) is 0 Å². The number of carbonyl (C=O) groups excluding carboxylic acids is 1. The van der Waals surface area contributed by atoms with E-state index in [1.54, 1.807) is 6.07 Å². The highest BCUT2D eigenvalue weighted by Gasteiger charge is 2.14. The molecule has 0 spiro atoms. The SMILES string of the molecule is Cc1cccc(C)c1NC(=O)c1cccc(F)c1Br. The third-order valence-electron chi connectivity index (χ3n) is 2.92. The quantitative estimate of drug-likeness (QED) is 0.869. The average Bonchev–Trinajstić information content (AvgIpc) is 2.37. The number of amides is 1. The van der Waals surface area contributed by atoms with E-state index in [1.807, 2.05) is 32.0 Å². The highest BCUT2D eigenvalue weighted by atomic mass is 79.9. The molecule has 0 aliphatic heterocycles. The van der Waals surface area contributed by atoms with Gasteiger partial charge in [0.05, 0.1) is 10.0 Å². The number of para-hydroxylation sites is 1. The number of rotatable bonds is 2. The summed E-state index contributed by atoms with van der Waals surface area (Å²) in [6.07, 6.45) is 0. The molecule has 0 heterocycles. The predicted octanol–water partition coefficient (Wildman–Crippen LogP) is 4.46. The zero-order valence-corrected chi connectivity index (χ0v) is 12.2. The molecule has 19 heavy (non-hydrogen) atoms. The van der Waals surface area contributed by atoms with Crippen LogP contribution in [0, 0.1) is 19.7 Å². The van der Waals surface area contributed by atoms with Gasteiger partial charge in [-0.1, -0.05) is 24.3 Å². The second kappa shape index (κ2) is 5.53. The fourth-order valence-electron chi connectivity index (χ4n) is 1.87. The Morgan fingerprint density at radius 2 is 1.68 bits per heavy atom. The molecular formula is C15H13BrFNO. The molecular weight excluding hydrogens is 309 g/mol. The van der Waals surface area contributed by atoms with Gasteiger partial charge in [-0.2, -0.15) is 0 Å². The van der Waals surface area contributed by atoms with Gasteiger partial charge in [-0.05, 0) is 53.0 Å². The van der Waals surface area contributed by atoms with Gasteiger partial charge in [-0.15, -0.1) is 0 Å². The normalized spacial score (nSPS) is 10.3. The second-order valence-corrected chi connectivity index (χ2v) is 5.12. The molecule has 4 heteroatoms. The summed E-state index contributed by atoms with van der Waals surface area (Å²) in [6.45, 7) is 3.84. The van der Waals surface area contributed by atoms with E-state index in [4.69, 9.17) is 0 Å². The van der Waals surface area contributed by atoms with Gasteiger partial charge >= 0.3 is 0 Å². The molecule has 1 amide bonds. The predicted molar refractivity (Wildman–Crippen MR) is 78.0 cm³/mol. The largest absolute Gasteiger partial charge is 0.321 e. The minimum atomic E-state index is -0.450. The Morgan fingerprint density at radius 3 is 2.32 bits per heavy atom. The molecule has 0 aliphatic rings. The fraction of sp³-hybridized carbons (Fsp3) is 0.133. The first-order valence-electron chi connectivity index (χ1n) is 5.82. The lowest BCUT2D eigenvalue weighted by Crippen LogP contribution is -2.14. The van der Waals surface area contributed by atoms with Crippen molar-refractivity contribution in [3.8, 4) is 0 Å².